The number of hydrogen-bond acceptors (Lipinski definition) is 4. The molecule has 0 spiro atoms. The Bertz CT molecular complexity index is 398. The fourth-order valence-electron chi connectivity index (χ4n) is 2.45. The lowest BCUT2D eigenvalue weighted by molar-refractivity contribution is -0.122. The van der Waals surface area contributed by atoms with Crippen molar-refractivity contribution in [2.75, 3.05) is 32.8 Å². The predicted octanol–water partition coefficient (Wildman–Crippen LogP) is 2.03. The summed E-state index contributed by atoms with van der Waals surface area (Å²) >= 11 is 0. The van der Waals surface area contributed by atoms with Crippen molar-refractivity contribution in [2.24, 2.45) is 5.92 Å². The second-order valence-electron chi connectivity index (χ2n) is 5.79. The van der Waals surface area contributed by atoms with E-state index in [-0.39, 0.29) is 5.91 Å². The fraction of sp³-hybridized carbons (Fsp3) is 0.688. The van der Waals surface area contributed by atoms with Crippen molar-refractivity contribution in [3.05, 3.63) is 24.2 Å². The molecule has 1 fully saturated rings. The van der Waals surface area contributed by atoms with E-state index in [0.29, 0.717) is 26.3 Å². The van der Waals surface area contributed by atoms with Crippen molar-refractivity contribution < 1.29 is 13.9 Å². The Kier molecular flexibility index (Phi) is 6.76. The molecule has 2 heterocycles. The van der Waals surface area contributed by atoms with Gasteiger partial charge in [0.05, 0.1) is 12.8 Å². The summed E-state index contributed by atoms with van der Waals surface area (Å²) in [6, 6.07) is 3.74. The molecule has 0 bridgehead atoms. The summed E-state index contributed by atoms with van der Waals surface area (Å²) < 4.78 is 10.6. The number of rotatable bonds is 8. The molecule has 118 valence electrons. The maximum Gasteiger partial charge on any atom is 0.234 e. The van der Waals surface area contributed by atoms with Crippen LogP contribution in [-0.4, -0.2) is 43.6 Å². The van der Waals surface area contributed by atoms with Gasteiger partial charge in [0.15, 0.2) is 0 Å². The highest BCUT2D eigenvalue weighted by Gasteiger charge is 2.17. The molecule has 5 heteroatoms. The van der Waals surface area contributed by atoms with Crippen molar-refractivity contribution >= 4 is 5.91 Å². The number of carbonyl (C=O) groups excluding carboxylic acids is 1. The fourth-order valence-corrected chi connectivity index (χ4v) is 2.45. The number of hydrogen-bond donors (Lipinski definition) is 1. The van der Waals surface area contributed by atoms with Gasteiger partial charge in [-0.2, -0.15) is 0 Å². The van der Waals surface area contributed by atoms with Crippen LogP contribution in [0.2, 0.25) is 0 Å². The number of nitrogens with zero attached hydrogens (tertiary/aromatic N) is 1. The third-order valence-corrected chi connectivity index (χ3v) is 3.86. The minimum absolute atomic E-state index is 0.121. The van der Waals surface area contributed by atoms with Crippen LogP contribution < -0.4 is 5.32 Å². The highest BCUT2D eigenvalue weighted by atomic mass is 16.5. The Hall–Kier alpha value is -1.33. The first-order chi connectivity index (χ1) is 10.2. The summed E-state index contributed by atoms with van der Waals surface area (Å²) in [7, 11) is 0. The average molecular weight is 294 g/mol. The van der Waals surface area contributed by atoms with Gasteiger partial charge in [-0.05, 0) is 50.4 Å². The Balaban J connectivity index is 1.45. The third-order valence-electron chi connectivity index (χ3n) is 3.86. The first-order valence-electron chi connectivity index (χ1n) is 7.83. The summed E-state index contributed by atoms with van der Waals surface area (Å²) in [6.07, 6.45) is 4.87. The minimum atomic E-state index is 0.121. The topological polar surface area (TPSA) is 54.7 Å². The quantitative estimate of drug-likeness (QED) is 0.745. The summed E-state index contributed by atoms with van der Waals surface area (Å²) in [5.41, 5.74) is 0. The number of furan rings is 1. The lowest BCUT2D eigenvalue weighted by Gasteiger charge is -2.29. The van der Waals surface area contributed by atoms with Crippen molar-refractivity contribution in [3.8, 4) is 0 Å². The van der Waals surface area contributed by atoms with Crippen LogP contribution in [0.3, 0.4) is 0 Å². The van der Waals surface area contributed by atoms with Crippen LogP contribution in [0, 0.1) is 5.92 Å². The molecule has 1 saturated heterocycles. The molecule has 0 atom stereocenters. The van der Waals surface area contributed by atoms with Gasteiger partial charge in [0.2, 0.25) is 5.91 Å². The number of likely N-dealkylation sites (tertiary alicyclic amines) is 1. The molecular formula is C16H26N2O3. The van der Waals surface area contributed by atoms with Gasteiger partial charge in [-0.25, -0.2) is 0 Å². The van der Waals surface area contributed by atoms with Crippen LogP contribution >= 0.6 is 0 Å². The first kappa shape index (κ1) is 16.0. The second-order valence-corrected chi connectivity index (χ2v) is 5.79. The molecule has 1 aromatic rings. The Morgan fingerprint density at radius 3 is 3.00 bits per heavy atom. The smallest absolute Gasteiger partial charge is 0.234 e. The van der Waals surface area contributed by atoms with E-state index in [1.54, 1.807) is 6.26 Å². The van der Waals surface area contributed by atoms with E-state index in [0.717, 1.165) is 31.2 Å². The monoisotopic (exact) mass is 294 g/mol. The summed E-state index contributed by atoms with van der Waals surface area (Å²) in [4.78, 5) is 14.0. The Morgan fingerprint density at radius 2 is 2.29 bits per heavy atom. The van der Waals surface area contributed by atoms with Crippen molar-refractivity contribution in [1.82, 2.24) is 10.2 Å². The first-order valence-corrected chi connectivity index (χ1v) is 7.83. The molecule has 0 unspecified atom stereocenters. The number of nitrogens with one attached hydrogen (secondary N) is 1. The molecule has 1 amide bonds. The van der Waals surface area contributed by atoms with Crippen molar-refractivity contribution in [3.63, 3.8) is 0 Å². The SMILES string of the molecule is CC1CCN(CC(=O)NCCCOCc2ccco2)CC1. The normalized spacial score (nSPS) is 17.0. The predicted molar refractivity (Wildman–Crippen MR) is 80.8 cm³/mol. The molecule has 2 rings (SSSR count). The average Bonchev–Trinajstić information content (AvgIpc) is 2.98. The number of ether oxygens (including phenoxy) is 1. The van der Waals surface area contributed by atoms with Crippen LogP contribution in [0.5, 0.6) is 0 Å². The van der Waals surface area contributed by atoms with E-state index >= 15 is 0 Å². The van der Waals surface area contributed by atoms with Crippen LogP contribution in [0.4, 0.5) is 0 Å². The van der Waals surface area contributed by atoms with Gasteiger partial charge in [-0.3, -0.25) is 9.69 Å². The molecule has 1 aromatic heterocycles. The molecule has 0 saturated carbocycles. The lowest BCUT2D eigenvalue weighted by Crippen LogP contribution is -2.41. The number of amides is 1. The molecule has 0 aliphatic carbocycles. The van der Waals surface area contributed by atoms with Crippen molar-refractivity contribution in [1.29, 1.82) is 0 Å². The van der Waals surface area contributed by atoms with Crippen LogP contribution in [-0.2, 0) is 16.1 Å². The van der Waals surface area contributed by atoms with E-state index in [9.17, 15) is 4.79 Å². The third kappa shape index (κ3) is 6.31. The van der Waals surface area contributed by atoms with E-state index < -0.39 is 0 Å². The summed E-state index contributed by atoms with van der Waals surface area (Å²) in [5, 5.41) is 2.95. The zero-order valence-electron chi connectivity index (χ0n) is 12.8. The van der Waals surface area contributed by atoms with Crippen LogP contribution in [0.15, 0.2) is 22.8 Å². The molecule has 21 heavy (non-hydrogen) atoms. The van der Waals surface area contributed by atoms with Crippen LogP contribution in [0.1, 0.15) is 31.9 Å². The van der Waals surface area contributed by atoms with Crippen molar-refractivity contribution in [2.45, 2.75) is 32.8 Å². The number of carbonyl (C=O) groups is 1. The minimum Gasteiger partial charge on any atom is -0.467 e. The van der Waals surface area contributed by atoms with Gasteiger partial charge in [0.1, 0.15) is 12.4 Å². The van der Waals surface area contributed by atoms with Gasteiger partial charge in [-0.1, -0.05) is 6.92 Å². The maximum absolute atomic E-state index is 11.8. The molecule has 1 aliphatic rings. The zero-order chi connectivity index (χ0) is 14.9. The van der Waals surface area contributed by atoms with Gasteiger partial charge in [0, 0.05) is 13.2 Å². The largest absolute Gasteiger partial charge is 0.467 e. The maximum atomic E-state index is 11.8. The van der Waals surface area contributed by atoms with Gasteiger partial charge in [0.25, 0.3) is 0 Å². The second kappa shape index (κ2) is 8.85. The lowest BCUT2D eigenvalue weighted by atomic mass is 9.99. The van der Waals surface area contributed by atoms with E-state index in [1.165, 1.54) is 12.8 Å². The summed E-state index contributed by atoms with van der Waals surface area (Å²) in [6.45, 7) is 6.68. The van der Waals surface area contributed by atoms with E-state index in [4.69, 9.17) is 9.15 Å². The summed E-state index contributed by atoms with van der Waals surface area (Å²) in [5.74, 6) is 1.75. The standard InChI is InChI=1S/C16H26N2O3/c1-14-5-8-18(9-6-14)12-16(19)17-7-3-10-20-13-15-4-2-11-21-15/h2,4,11,14H,3,5-10,12-13H2,1H3,(H,17,19). The highest BCUT2D eigenvalue weighted by molar-refractivity contribution is 5.77. The zero-order valence-corrected chi connectivity index (χ0v) is 12.8. The van der Waals surface area contributed by atoms with Gasteiger partial charge < -0.3 is 14.5 Å². The molecular weight excluding hydrogens is 268 g/mol. The molecule has 0 radical (unpaired) electrons. The molecule has 0 aromatic carbocycles. The Morgan fingerprint density at radius 1 is 1.48 bits per heavy atom. The Labute approximate surface area is 126 Å². The van der Waals surface area contributed by atoms with E-state index in [2.05, 4.69) is 17.1 Å². The molecule has 1 N–H and O–H groups in total. The highest BCUT2D eigenvalue weighted by Crippen LogP contribution is 2.15. The van der Waals surface area contributed by atoms with Gasteiger partial charge >= 0.3 is 0 Å². The molecule has 1 aliphatic heterocycles. The number of piperidine rings is 1. The van der Waals surface area contributed by atoms with E-state index in [1.807, 2.05) is 12.1 Å². The van der Waals surface area contributed by atoms with Crippen LogP contribution in [0.25, 0.3) is 0 Å². The van der Waals surface area contributed by atoms with Gasteiger partial charge in [-0.15, -0.1) is 0 Å². The molecule has 5 nitrogen and oxygen atoms in total.